The van der Waals surface area contributed by atoms with Gasteiger partial charge in [0.2, 0.25) is 0 Å². The van der Waals surface area contributed by atoms with E-state index in [0.29, 0.717) is 13.1 Å². The third-order valence-corrected chi connectivity index (χ3v) is 3.51. The first kappa shape index (κ1) is 14.3. The summed E-state index contributed by atoms with van der Waals surface area (Å²) in [6.45, 7) is 3.31. The molecule has 0 radical (unpaired) electrons. The number of benzene rings is 1. The Labute approximate surface area is 129 Å². The van der Waals surface area contributed by atoms with E-state index in [-0.39, 0.29) is 0 Å². The molecule has 0 saturated carbocycles. The number of ether oxygens (including phenoxy) is 1. The van der Waals surface area contributed by atoms with Crippen LogP contribution in [-0.4, -0.2) is 7.11 Å². The molecule has 114 valence electrons. The number of nitrogens with zero attached hydrogens (tertiary/aromatic N) is 1. The average Bonchev–Trinajstić information content (AvgIpc) is 3.19. The van der Waals surface area contributed by atoms with Crippen LogP contribution in [0.3, 0.4) is 0 Å². The fourth-order valence-electron chi connectivity index (χ4n) is 2.38. The zero-order valence-electron chi connectivity index (χ0n) is 12.8. The normalized spacial score (nSPS) is 10.6. The Balaban J connectivity index is 1.83. The van der Waals surface area contributed by atoms with Gasteiger partial charge in [-0.05, 0) is 55.5 Å². The van der Waals surface area contributed by atoms with E-state index in [9.17, 15) is 0 Å². The highest BCUT2D eigenvalue weighted by Crippen LogP contribution is 2.24. The van der Waals surface area contributed by atoms with Crippen molar-refractivity contribution in [1.29, 1.82) is 0 Å². The van der Waals surface area contributed by atoms with E-state index in [0.717, 1.165) is 28.7 Å². The number of hydrogen-bond acceptors (Lipinski definition) is 4. The van der Waals surface area contributed by atoms with Crippen molar-refractivity contribution in [3.05, 3.63) is 72.1 Å². The van der Waals surface area contributed by atoms with Crippen molar-refractivity contribution < 1.29 is 13.6 Å². The van der Waals surface area contributed by atoms with Gasteiger partial charge >= 0.3 is 0 Å². The molecule has 22 heavy (non-hydrogen) atoms. The van der Waals surface area contributed by atoms with Gasteiger partial charge < -0.3 is 18.5 Å². The topological polar surface area (TPSA) is 38.8 Å². The van der Waals surface area contributed by atoms with Crippen LogP contribution in [0.2, 0.25) is 0 Å². The molecule has 0 aliphatic heterocycles. The van der Waals surface area contributed by atoms with E-state index in [4.69, 9.17) is 13.6 Å². The highest BCUT2D eigenvalue weighted by molar-refractivity contribution is 5.49. The maximum atomic E-state index is 5.70. The third-order valence-electron chi connectivity index (χ3n) is 3.51. The molecule has 0 atom stereocenters. The first-order chi connectivity index (χ1) is 10.7. The van der Waals surface area contributed by atoms with Gasteiger partial charge in [0.1, 0.15) is 23.0 Å². The molecule has 0 bridgehead atoms. The Morgan fingerprint density at radius 2 is 1.73 bits per heavy atom. The van der Waals surface area contributed by atoms with E-state index in [2.05, 4.69) is 4.90 Å². The minimum absolute atomic E-state index is 0.680. The maximum absolute atomic E-state index is 5.70. The zero-order valence-corrected chi connectivity index (χ0v) is 12.8. The highest BCUT2D eigenvalue weighted by atomic mass is 16.5. The molecule has 2 aromatic heterocycles. The molecule has 0 unspecified atom stereocenters. The molecule has 0 N–H and O–H groups in total. The molecule has 4 nitrogen and oxygen atoms in total. The molecule has 4 heteroatoms. The predicted octanol–water partition coefficient (Wildman–Crippen LogP) is 4.40. The molecule has 0 amide bonds. The Morgan fingerprint density at radius 3 is 2.32 bits per heavy atom. The monoisotopic (exact) mass is 297 g/mol. The van der Waals surface area contributed by atoms with E-state index in [1.165, 1.54) is 0 Å². The lowest BCUT2D eigenvalue weighted by Gasteiger charge is -2.23. The van der Waals surface area contributed by atoms with Crippen LogP contribution in [0.4, 0.5) is 5.69 Å². The molecular formula is C18H19NO3. The highest BCUT2D eigenvalue weighted by Gasteiger charge is 2.12. The quantitative estimate of drug-likeness (QED) is 0.676. The van der Waals surface area contributed by atoms with Gasteiger partial charge in [-0.25, -0.2) is 0 Å². The molecule has 0 aliphatic carbocycles. The summed E-state index contributed by atoms with van der Waals surface area (Å²) in [5, 5.41) is 0. The van der Waals surface area contributed by atoms with Crippen LogP contribution in [0.15, 0.2) is 63.6 Å². The number of rotatable bonds is 6. The van der Waals surface area contributed by atoms with E-state index < -0.39 is 0 Å². The van der Waals surface area contributed by atoms with Crippen molar-refractivity contribution in [1.82, 2.24) is 0 Å². The smallest absolute Gasteiger partial charge is 0.123 e. The zero-order chi connectivity index (χ0) is 15.4. The van der Waals surface area contributed by atoms with Crippen molar-refractivity contribution in [3.63, 3.8) is 0 Å². The van der Waals surface area contributed by atoms with Gasteiger partial charge in [0.15, 0.2) is 0 Å². The van der Waals surface area contributed by atoms with Crippen molar-refractivity contribution in [2.45, 2.75) is 20.0 Å². The lowest BCUT2D eigenvalue weighted by Crippen LogP contribution is -2.21. The predicted molar refractivity (Wildman–Crippen MR) is 85.0 cm³/mol. The Bertz CT molecular complexity index is 698. The summed E-state index contributed by atoms with van der Waals surface area (Å²) < 4.78 is 16.4. The molecule has 2 heterocycles. The van der Waals surface area contributed by atoms with Gasteiger partial charge in [0.05, 0.1) is 26.5 Å². The van der Waals surface area contributed by atoms with Crippen LogP contribution in [0.5, 0.6) is 5.75 Å². The summed E-state index contributed by atoms with van der Waals surface area (Å²) in [7, 11) is 1.67. The van der Waals surface area contributed by atoms with Crippen molar-refractivity contribution in [2.24, 2.45) is 0 Å². The molecule has 1 aromatic carbocycles. The van der Waals surface area contributed by atoms with Gasteiger partial charge in [-0.2, -0.15) is 0 Å². The van der Waals surface area contributed by atoms with Gasteiger partial charge in [0.25, 0.3) is 0 Å². The summed E-state index contributed by atoms with van der Waals surface area (Å²) >= 11 is 0. The van der Waals surface area contributed by atoms with Gasteiger partial charge in [-0.15, -0.1) is 0 Å². The maximum Gasteiger partial charge on any atom is 0.123 e. The van der Waals surface area contributed by atoms with E-state index >= 15 is 0 Å². The van der Waals surface area contributed by atoms with Crippen LogP contribution in [0, 0.1) is 6.92 Å². The number of furan rings is 2. The minimum Gasteiger partial charge on any atom is -0.497 e. The average molecular weight is 297 g/mol. The standard InChI is InChI=1S/C18H19NO3/c1-14-5-8-18(22-14)13-19(12-17-4-3-11-21-17)15-6-9-16(20-2)10-7-15/h3-11H,12-13H2,1-2H3. The molecule has 3 aromatic rings. The Morgan fingerprint density at radius 1 is 0.955 bits per heavy atom. The van der Waals surface area contributed by atoms with E-state index in [1.807, 2.05) is 55.5 Å². The number of methoxy groups -OCH3 is 1. The third kappa shape index (κ3) is 3.34. The molecule has 0 fully saturated rings. The van der Waals surface area contributed by atoms with Crippen molar-refractivity contribution in [3.8, 4) is 5.75 Å². The van der Waals surface area contributed by atoms with Crippen LogP contribution in [-0.2, 0) is 13.1 Å². The first-order valence-electron chi connectivity index (χ1n) is 7.21. The number of aryl methyl sites for hydroxylation is 1. The molecule has 0 aliphatic rings. The first-order valence-corrected chi connectivity index (χ1v) is 7.21. The number of anilines is 1. The van der Waals surface area contributed by atoms with Crippen molar-refractivity contribution >= 4 is 5.69 Å². The molecule has 0 saturated heterocycles. The Hall–Kier alpha value is -2.62. The Kier molecular flexibility index (Phi) is 4.19. The van der Waals surface area contributed by atoms with Gasteiger partial charge in [0, 0.05) is 5.69 Å². The summed E-state index contributed by atoms with van der Waals surface area (Å²) in [4.78, 5) is 2.20. The summed E-state index contributed by atoms with van der Waals surface area (Å²) in [6, 6.07) is 15.9. The number of hydrogen-bond donors (Lipinski definition) is 0. The molecular weight excluding hydrogens is 278 g/mol. The van der Waals surface area contributed by atoms with Gasteiger partial charge in [-0.3, -0.25) is 0 Å². The fourth-order valence-corrected chi connectivity index (χ4v) is 2.38. The van der Waals surface area contributed by atoms with E-state index in [1.54, 1.807) is 13.4 Å². The van der Waals surface area contributed by atoms with Gasteiger partial charge in [-0.1, -0.05) is 0 Å². The van der Waals surface area contributed by atoms with Crippen LogP contribution in [0.1, 0.15) is 17.3 Å². The van der Waals surface area contributed by atoms with Crippen LogP contribution >= 0.6 is 0 Å². The summed E-state index contributed by atoms with van der Waals surface area (Å²) in [6.07, 6.45) is 1.69. The second-order valence-corrected chi connectivity index (χ2v) is 5.15. The largest absolute Gasteiger partial charge is 0.497 e. The minimum atomic E-state index is 0.680. The summed E-state index contributed by atoms with van der Waals surface area (Å²) in [5.41, 5.74) is 1.09. The molecule has 3 rings (SSSR count). The second-order valence-electron chi connectivity index (χ2n) is 5.15. The van der Waals surface area contributed by atoms with Crippen LogP contribution < -0.4 is 9.64 Å². The second kappa shape index (κ2) is 6.43. The van der Waals surface area contributed by atoms with Crippen molar-refractivity contribution in [2.75, 3.05) is 12.0 Å². The summed E-state index contributed by atoms with van der Waals surface area (Å²) in [5.74, 6) is 3.61. The lowest BCUT2D eigenvalue weighted by atomic mass is 10.2. The fraction of sp³-hybridized carbons (Fsp3) is 0.222. The molecule has 0 spiro atoms. The van der Waals surface area contributed by atoms with Crippen LogP contribution in [0.25, 0.3) is 0 Å². The lowest BCUT2D eigenvalue weighted by molar-refractivity contribution is 0.414. The SMILES string of the molecule is COc1ccc(N(Cc2ccco2)Cc2ccc(C)o2)cc1.